The standard InChI is InChI=1S/C18H15NO4S2/c1-11-2-4-12(5-3-11)14-7-6-13(23-14)10-15-17(22)19(18(24)25-15)9-8-16(20)21/h2-7,10H,8-9H2,1H3,(H,20,21)/b15-10+. The number of carboxylic acids is 1. The van der Waals surface area contributed by atoms with Crippen LogP contribution in [0, 0.1) is 6.92 Å². The van der Waals surface area contributed by atoms with E-state index in [4.69, 9.17) is 21.7 Å². The van der Waals surface area contributed by atoms with Gasteiger partial charge in [-0.05, 0) is 19.1 Å². The number of thiocarbonyl (C=S) groups is 1. The summed E-state index contributed by atoms with van der Waals surface area (Å²) in [5, 5.41) is 8.76. The van der Waals surface area contributed by atoms with Crippen molar-refractivity contribution in [3.8, 4) is 11.3 Å². The predicted molar refractivity (Wildman–Crippen MR) is 101 cm³/mol. The summed E-state index contributed by atoms with van der Waals surface area (Å²) < 4.78 is 6.15. The lowest BCUT2D eigenvalue weighted by molar-refractivity contribution is -0.137. The van der Waals surface area contributed by atoms with Crippen molar-refractivity contribution in [2.45, 2.75) is 13.3 Å². The first kappa shape index (κ1) is 17.4. The predicted octanol–water partition coefficient (Wildman–Crippen LogP) is 3.93. The molecule has 1 aliphatic rings. The van der Waals surface area contributed by atoms with Gasteiger partial charge >= 0.3 is 5.97 Å². The Hall–Kier alpha value is -2.38. The highest BCUT2D eigenvalue weighted by atomic mass is 32.2. The second-order valence-corrected chi connectivity index (χ2v) is 7.22. The number of thioether (sulfide) groups is 1. The summed E-state index contributed by atoms with van der Waals surface area (Å²) in [5.41, 5.74) is 2.12. The van der Waals surface area contributed by atoms with Gasteiger partial charge in [-0.3, -0.25) is 14.5 Å². The molecular weight excluding hydrogens is 358 g/mol. The molecule has 0 radical (unpaired) electrons. The van der Waals surface area contributed by atoms with Crippen molar-refractivity contribution in [3.63, 3.8) is 0 Å². The van der Waals surface area contributed by atoms with Crippen molar-refractivity contribution in [1.82, 2.24) is 4.90 Å². The lowest BCUT2D eigenvalue weighted by Gasteiger charge is -2.12. The summed E-state index contributed by atoms with van der Waals surface area (Å²) in [7, 11) is 0. The minimum Gasteiger partial charge on any atom is -0.481 e. The highest BCUT2D eigenvalue weighted by Crippen LogP contribution is 2.33. The summed E-state index contributed by atoms with van der Waals surface area (Å²) >= 11 is 6.31. The average molecular weight is 373 g/mol. The van der Waals surface area contributed by atoms with Crippen LogP contribution in [0.3, 0.4) is 0 Å². The molecule has 2 aromatic rings. The van der Waals surface area contributed by atoms with E-state index < -0.39 is 5.97 Å². The first-order chi connectivity index (χ1) is 11.9. The van der Waals surface area contributed by atoms with Gasteiger partial charge < -0.3 is 9.52 Å². The number of aryl methyl sites for hydroxylation is 1. The number of aliphatic carboxylic acids is 1. The van der Waals surface area contributed by atoms with Crippen LogP contribution in [0.5, 0.6) is 0 Å². The van der Waals surface area contributed by atoms with Gasteiger partial charge in [-0.25, -0.2) is 0 Å². The number of furan rings is 1. The van der Waals surface area contributed by atoms with E-state index in [1.807, 2.05) is 37.3 Å². The molecule has 1 amide bonds. The average Bonchev–Trinajstić information content (AvgIpc) is 3.12. The molecule has 1 aromatic carbocycles. The number of amides is 1. The van der Waals surface area contributed by atoms with Crippen molar-refractivity contribution >= 4 is 46.3 Å². The van der Waals surface area contributed by atoms with Gasteiger partial charge in [0.15, 0.2) is 0 Å². The molecule has 3 rings (SSSR count). The van der Waals surface area contributed by atoms with E-state index in [0.717, 1.165) is 17.3 Å². The minimum atomic E-state index is -0.966. The molecule has 2 heterocycles. The van der Waals surface area contributed by atoms with E-state index in [0.29, 0.717) is 20.7 Å². The summed E-state index contributed by atoms with van der Waals surface area (Å²) in [6.07, 6.45) is 1.50. The van der Waals surface area contributed by atoms with Crippen LogP contribution in [0.2, 0.25) is 0 Å². The van der Waals surface area contributed by atoms with Crippen molar-refractivity contribution in [2.75, 3.05) is 6.54 Å². The minimum absolute atomic E-state index is 0.0735. The number of nitrogens with zero attached hydrogens (tertiary/aromatic N) is 1. The number of carbonyl (C=O) groups is 2. The van der Waals surface area contributed by atoms with Crippen LogP contribution < -0.4 is 0 Å². The Morgan fingerprint density at radius 3 is 2.68 bits per heavy atom. The summed E-state index contributed by atoms with van der Waals surface area (Å²) in [6, 6.07) is 11.6. The van der Waals surface area contributed by atoms with Crippen molar-refractivity contribution in [1.29, 1.82) is 0 Å². The molecule has 1 N–H and O–H groups in total. The van der Waals surface area contributed by atoms with Gasteiger partial charge in [0.2, 0.25) is 0 Å². The zero-order valence-corrected chi connectivity index (χ0v) is 15.0. The van der Waals surface area contributed by atoms with Gasteiger partial charge in [0.25, 0.3) is 5.91 Å². The van der Waals surface area contributed by atoms with Gasteiger partial charge in [-0.15, -0.1) is 0 Å². The second-order valence-electron chi connectivity index (χ2n) is 5.55. The zero-order chi connectivity index (χ0) is 18.0. The molecule has 1 aliphatic heterocycles. The van der Waals surface area contributed by atoms with E-state index >= 15 is 0 Å². The molecule has 5 nitrogen and oxygen atoms in total. The highest BCUT2D eigenvalue weighted by Gasteiger charge is 2.32. The van der Waals surface area contributed by atoms with Gasteiger partial charge in [-0.1, -0.05) is 53.8 Å². The molecule has 7 heteroatoms. The fraction of sp³-hybridized carbons (Fsp3) is 0.167. The zero-order valence-electron chi connectivity index (χ0n) is 13.4. The van der Waals surface area contributed by atoms with Crippen molar-refractivity contribution in [3.05, 3.63) is 52.6 Å². The van der Waals surface area contributed by atoms with Crippen LogP contribution in [0.1, 0.15) is 17.7 Å². The number of benzene rings is 1. The Morgan fingerprint density at radius 2 is 2.00 bits per heavy atom. The fourth-order valence-electron chi connectivity index (χ4n) is 2.33. The Labute approximate surface area is 154 Å². The molecule has 0 atom stereocenters. The molecule has 25 heavy (non-hydrogen) atoms. The molecule has 0 unspecified atom stereocenters. The first-order valence-corrected chi connectivity index (χ1v) is 8.80. The van der Waals surface area contributed by atoms with E-state index in [-0.39, 0.29) is 18.9 Å². The third-order valence-electron chi connectivity index (χ3n) is 3.66. The lowest BCUT2D eigenvalue weighted by Crippen LogP contribution is -2.30. The maximum atomic E-state index is 12.4. The van der Waals surface area contributed by atoms with Gasteiger partial charge in [0, 0.05) is 18.2 Å². The molecule has 1 saturated heterocycles. The van der Waals surface area contributed by atoms with Crippen molar-refractivity contribution < 1.29 is 19.1 Å². The number of carboxylic acid groups (broad SMARTS) is 1. The highest BCUT2D eigenvalue weighted by molar-refractivity contribution is 8.26. The molecule has 0 aliphatic carbocycles. The number of carbonyl (C=O) groups excluding carboxylic acids is 1. The number of hydrogen-bond acceptors (Lipinski definition) is 5. The molecule has 1 fully saturated rings. The maximum Gasteiger partial charge on any atom is 0.305 e. The van der Waals surface area contributed by atoms with Crippen LogP contribution in [0.15, 0.2) is 45.7 Å². The summed E-state index contributed by atoms with van der Waals surface area (Å²) in [6.45, 7) is 2.09. The maximum absolute atomic E-state index is 12.4. The van der Waals surface area contributed by atoms with Crippen molar-refractivity contribution in [2.24, 2.45) is 0 Å². The Balaban J connectivity index is 1.77. The molecule has 128 valence electrons. The second kappa shape index (κ2) is 7.25. The van der Waals surface area contributed by atoms with Gasteiger partial charge in [0.05, 0.1) is 11.3 Å². The van der Waals surface area contributed by atoms with Crippen LogP contribution in [0.4, 0.5) is 0 Å². The Morgan fingerprint density at radius 1 is 1.28 bits per heavy atom. The van der Waals surface area contributed by atoms with Crippen LogP contribution in [0.25, 0.3) is 17.4 Å². The summed E-state index contributed by atoms with van der Waals surface area (Å²) in [5.74, 6) is 0.0123. The van der Waals surface area contributed by atoms with Crippen LogP contribution >= 0.6 is 24.0 Å². The summed E-state index contributed by atoms with van der Waals surface area (Å²) in [4.78, 5) is 24.8. The van der Waals surface area contributed by atoms with E-state index in [1.165, 1.54) is 10.5 Å². The Bertz CT molecular complexity index is 867. The fourth-order valence-corrected chi connectivity index (χ4v) is 3.62. The molecular formula is C18H15NO4S2. The van der Waals surface area contributed by atoms with Gasteiger partial charge in [0.1, 0.15) is 15.8 Å². The quantitative estimate of drug-likeness (QED) is 0.632. The SMILES string of the molecule is Cc1ccc(-c2ccc(/C=C3/SC(=S)N(CCC(=O)O)C3=O)o2)cc1. The smallest absolute Gasteiger partial charge is 0.305 e. The van der Waals surface area contributed by atoms with E-state index in [9.17, 15) is 9.59 Å². The molecule has 1 aromatic heterocycles. The van der Waals surface area contributed by atoms with Crippen LogP contribution in [-0.2, 0) is 9.59 Å². The third-order valence-corrected chi connectivity index (χ3v) is 5.04. The van der Waals surface area contributed by atoms with E-state index in [2.05, 4.69) is 0 Å². The normalized spacial score (nSPS) is 16.0. The molecule has 0 saturated carbocycles. The number of hydrogen-bond donors (Lipinski definition) is 1. The monoisotopic (exact) mass is 373 g/mol. The Kier molecular flexibility index (Phi) is 5.06. The van der Waals surface area contributed by atoms with Crippen LogP contribution in [-0.4, -0.2) is 32.7 Å². The first-order valence-electron chi connectivity index (χ1n) is 7.58. The largest absolute Gasteiger partial charge is 0.481 e. The third kappa shape index (κ3) is 4.00. The number of rotatable bonds is 5. The lowest BCUT2D eigenvalue weighted by atomic mass is 10.1. The van der Waals surface area contributed by atoms with Gasteiger partial charge in [-0.2, -0.15) is 0 Å². The topological polar surface area (TPSA) is 70.8 Å². The molecule has 0 spiro atoms. The molecule has 0 bridgehead atoms. The van der Waals surface area contributed by atoms with E-state index in [1.54, 1.807) is 12.1 Å².